The Morgan fingerprint density at radius 1 is 1.26 bits per heavy atom. The quantitative estimate of drug-likeness (QED) is 0.559. The van der Waals surface area contributed by atoms with Gasteiger partial charge in [0, 0.05) is 12.6 Å². The normalized spacial score (nSPS) is 24.0. The van der Waals surface area contributed by atoms with Crippen molar-refractivity contribution < 1.29 is 23.8 Å². The number of methoxy groups -OCH3 is 2. The van der Waals surface area contributed by atoms with Gasteiger partial charge in [-0.3, -0.25) is 0 Å². The van der Waals surface area contributed by atoms with Gasteiger partial charge in [0.15, 0.2) is 0 Å². The van der Waals surface area contributed by atoms with Crippen LogP contribution < -0.4 is 5.32 Å². The number of carbonyl (C=O) groups is 2. The second-order valence-corrected chi connectivity index (χ2v) is 6.41. The van der Waals surface area contributed by atoms with Crippen molar-refractivity contribution in [2.75, 3.05) is 14.2 Å². The molecule has 0 aromatic heterocycles. The van der Waals surface area contributed by atoms with Crippen LogP contribution in [-0.2, 0) is 30.3 Å². The molecule has 3 rings (SSSR count). The molecule has 0 aliphatic carbocycles. The lowest BCUT2D eigenvalue weighted by atomic mass is 9.80. The van der Waals surface area contributed by atoms with Crippen molar-refractivity contribution in [3.63, 3.8) is 0 Å². The number of rotatable bonds is 8. The summed E-state index contributed by atoms with van der Waals surface area (Å²) in [5.74, 6) is -1.19. The van der Waals surface area contributed by atoms with Gasteiger partial charge in [-0.25, -0.2) is 9.59 Å². The Labute approximate surface area is 158 Å². The molecule has 3 atom stereocenters. The van der Waals surface area contributed by atoms with Crippen LogP contribution >= 0.6 is 0 Å². The first kappa shape index (κ1) is 19.1. The maximum Gasteiger partial charge on any atom is 0.337 e. The molecule has 0 radical (unpaired) electrons. The highest BCUT2D eigenvalue weighted by atomic mass is 16.6. The van der Waals surface area contributed by atoms with E-state index in [-0.39, 0.29) is 17.2 Å². The third-order valence-corrected chi connectivity index (χ3v) is 4.90. The van der Waals surface area contributed by atoms with Gasteiger partial charge in [-0.05, 0) is 18.1 Å². The van der Waals surface area contributed by atoms with E-state index in [9.17, 15) is 9.59 Å². The summed E-state index contributed by atoms with van der Waals surface area (Å²) in [6, 6.07) is 9.58. The first-order chi connectivity index (χ1) is 13.1. The minimum atomic E-state index is -1.11. The molecule has 1 aromatic rings. The van der Waals surface area contributed by atoms with Crippen LogP contribution in [0.3, 0.4) is 0 Å². The molecule has 0 saturated heterocycles. The van der Waals surface area contributed by atoms with Gasteiger partial charge in [0.1, 0.15) is 11.7 Å². The number of hydrogen-bond donors (Lipinski definition) is 1. The van der Waals surface area contributed by atoms with E-state index < -0.39 is 23.6 Å². The van der Waals surface area contributed by atoms with Crippen LogP contribution in [-0.4, -0.2) is 43.9 Å². The highest BCUT2D eigenvalue weighted by Crippen LogP contribution is 2.47. The summed E-state index contributed by atoms with van der Waals surface area (Å²) in [6.07, 6.45) is 5.25. The van der Waals surface area contributed by atoms with Crippen LogP contribution in [0, 0.1) is 0 Å². The summed E-state index contributed by atoms with van der Waals surface area (Å²) < 4.78 is 16.0. The maximum absolute atomic E-state index is 12.6. The van der Waals surface area contributed by atoms with Crippen LogP contribution in [0.25, 0.3) is 0 Å². The molecule has 6 heteroatoms. The van der Waals surface area contributed by atoms with E-state index in [4.69, 9.17) is 14.2 Å². The summed E-state index contributed by atoms with van der Waals surface area (Å²) in [6.45, 7) is 4.40. The molecular weight excluding hydrogens is 346 g/mol. The van der Waals surface area contributed by atoms with Crippen molar-refractivity contribution in [3.8, 4) is 0 Å². The van der Waals surface area contributed by atoms with Crippen molar-refractivity contribution in [1.29, 1.82) is 0 Å². The molecule has 0 amide bonds. The molecule has 27 heavy (non-hydrogen) atoms. The van der Waals surface area contributed by atoms with E-state index in [1.165, 1.54) is 14.2 Å². The lowest BCUT2D eigenvalue weighted by Crippen LogP contribution is -2.51. The summed E-state index contributed by atoms with van der Waals surface area (Å²) in [4.78, 5) is 24.9. The third-order valence-electron chi connectivity index (χ3n) is 4.90. The van der Waals surface area contributed by atoms with Gasteiger partial charge < -0.3 is 19.5 Å². The molecular formula is C21H23NO5. The summed E-state index contributed by atoms with van der Waals surface area (Å²) in [5, 5.41) is 3.44. The van der Waals surface area contributed by atoms with Crippen molar-refractivity contribution in [3.05, 3.63) is 71.8 Å². The Morgan fingerprint density at radius 3 is 2.59 bits per heavy atom. The highest BCUT2D eigenvalue weighted by molar-refractivity contribution is 6.05. The Balaban J connectivity index is 1.97. The highest BCUT2D eigenvalue weighted by Gasteiger charge is 2.57. The largest absolute Gasteiger partial charge is 0.466 e. The predicted octanol–water partition coefficient (Wildman–Crippen LogP) is 2.07. The molecule has 142 valence electrons. The SMILES string of the molecule is C=CC[C@@H](NCc1ccccc1)[C@]12C=C[C@@H](O1)C(C(=O)OC)=C2C(=O)OC. The summed E-state index contributed by atoms with van der Waals surface area (Å²) in [5.41, 5.74) is 0.375. The lowest BCUT2D eigenvalue weighted by Gasteiger charge is -2.34. The molecule has 0 unspecified atom stereocenters. The van der Waals surface area contributed by atoms with Crippen molar-refractivity contribution in [2.24, 2.45) is 0 Å². The van der Waals surface area contributed by atoms with Gasteiger partial charge in [-0.15, -0.1) is 6.58 Å². The summed E-state index contributed by atoms with van der Waals surface area (Å²) >= 11 is 0. The number of hydrogen-bond acceptors (Lipinski definition) is 6. The standard InChI is InChI=1S/C21H23NO5/c1-4-8-16(22-13-14-9-6-5-7-10-14)21-12-11-15(27-21)17(19(23)25-2)18(21)20(24)26-3/h4-7,9-12,15-16,22H,1,8,13H2,2-3H3/t15-,16-,21+/m1/s1. The van der Waals surface area contributed by atoms with Crippen LogP contribution in [0.5, 0.6) is 0 Å². The Hall–Kier alpha value is -2.70. The fourth-order valence-corrected chi connectivity index (χ4v) is 3.65. The van der Waals surface area contributed by atoms with E-state index in [0.717, 1.165) is 5.56 Å². The fraction of sp³-hybridized carbons (Fsp3) is 0.333. The molecule has 2 heterocycles. The molecule has 2 aliphatic rings. The van der Waals surface area contributed by atoms with Crippen LogP contribution in [0.4, 0.5) is 0 Å². The van der Waals surface area contributed by atoms with E-state index in [0.29, 0.717) is 13.0 Å². The van der Waals surface area contributed by atoms with E-state index in [2.05, 4.69) is 11.9 Å². The molecule has 1 N–H and O–H groups in total. The van der Waals surface area contributed by atoms with Gasteiger partial charge in [0.2, 0.25) is 0 Å². The zero-order valence-electron chi connectivity index (χ0n) is 15.4. The van der Waals surface area contributed by atoms with Crippen LogP contribution in [0.2, 0.25) is 0 Å². The van der Waals surface area contributed by atoms with E-state index in [1.54, 1.807) is 12.2 Å². The van der Waals surface area contributed by atoms with Gasteiger partial charge in [0.05, 0.1) is 25.4 Å². The second-order valence-electron chi connectivity index (χ2n) is 6.41. The van der Waals surface area contributed by atoms with Crippen molar-refractivity contribution in [1.82, 2.24) is 5.32 Å². The number of nitrogens with one attached hydrogen (secondary N) is 1. The first-order valence-corrected chi connectivity index (χ1v) is 8.74. The minimum Gasteiger partial charge on any atom is -0.466 e. The molecule has 2 aliphatic heterocycles. The van der Waals surface area contributed by atoms with E-state index in [1.807, 2.05) is 36.4 Å². The fourth-order valence-electron chi connectivity index (χ4n) is 3.65. The second kappa shape index (κ2) is 7.90. The van der Waals surface area contributed by atoms with E-state index >= 15 is 0 Å². The van der Waals surface area contributed by atoms with Crippen molar-refractivity contribution in [2.45, 2.75) is 30.7 Å². The molecule has 0 spiro atoms. The molecule has 6 nitrogen and oxygen atoms in total. The average molecular weight is 369 g/mol. The van der Waals surface area contributed by atoms with Gasteiger partial charge in [-0.2, -0.15) is 0 Å². The van der Waals surface area contributed by atoms with Gasteiger partial charge in [-0.1, -0.05) is 42.5 Å². The molecule has 0 saturated carbocycles. The summed E-state index contributed by atoms with van der Waals surface area (Å²) in [7, 11) is 2.56. The lowest BCUT2D eigenvalue weighted by molar-refractivity contribution is -0.139. The van der Waals surface area contributed by atoms with Gasteiger partial charge in [0.25, 0.3) is 0 Å². The van der Waals surface area contributed by atoms with Gasteiger partial charge >= 0.3 is 11.9 Å². The monoisotopic (exact) mass is 369 g/mol. The zero-order valence-corrected chi connectivity index (χ0v) is 15.4. The Morgan fingerprint density at radius 2 is 1.96 bits per heavy atom. The minimum absolute atomic E-state index is 0.191. The molecule has 0 fully saturated rings. The topological polar surface area (TPSA) is 73.9 Å². The van der Waals surface area contributed by atoms with Crippen LogP contribution in [0.15, 0.2) is 66.3 Å². The predicted molar refractivity (Wildman–Crippen MR) is 99.7 cm³/mol. The average Bonchev–Trinajstić information content (AvgIpc) is 3.28. The molecule has 1 aromatic carbocycles. The Kier molecular flexibility index (Phi) is 5.58. The number of carbonyl (C=O) groups excluding carboxylic acids is 2. The number of ether oxygens (including phenoxy) is 3. The number of benzene rings is 1. The van der Waals surface area contributed by atoms with Crippen molar-refractivity contribution >= 4 is 11.9 Å². The zero-order chi connectivity index (χ0) is 19.4. The number of fused-ring (bicyclic) bond motifs is 2. The van der Waals surface area contributed by atoms with Crippen LogP contribution in [0.1, 0.15) is 12.0 Å². The first-order valence-electron chi connectivity index (χ1n) is 8.74. The smallest absolute Gasteiger partial charge is 0.337 e. The Bertz CT molecular complexity index is 798. The number of esters is 2. The third kappa shape index (κ3) is 3.34. The molecule has 2 bridgehead atoms. The maximum atomic E-state index is 12.6.